The van der Waals surface area contributed by atoms with Gasteiger partial charge in [0.05, 0.1) is 6.20 Å². The van der Waals surface area contributed by atoms with Gasteiger partial charge in [0.15, 0.2) is 5.82 Å². The summed E-state index contributed by atoms with van der Waals surface area (Å²) in [6, 6.07) is 7.26. The summed E-state index contributed by atoms with van der Waals surface area (Å²) in [6.07, 6.45) is 4.25. The van der Waals surface area contributed by atoms with Gasteiger partial charge in [0.25, 0.3) is 11.8 Å². The monoisotopic (exact) mass is 396 g/mol. The van der Waals surface area contributed by atoms with Gasteiger partial charge < -0.3 is 9.42 Å². The van der Waals surface area contributed by atoms with Gasteiger partial charge in [-0.25, -0.2) is 13.8 Å². The van der Waals surface area contributed by atoms with Crippen molar-refractivity contribution in [3.63, 3.8) is 0 Å². The molecule has 2 aliphatic rings. The number of pyridine rings is 1. The Bertz CT molecular complexity index is 1070. The Morgan fingerprint density at radius 2 is 1.93 bits per heavy atom. The molecular weight excluding hydrogens is 378 g/mol. The van der Waals surface area contributed by atoms with Crippen LogP contribution in [0.2, 0.25) is 0 Å². The van der Waals surface area contributed by atoms with E-state index < -0.39 is 5.82 Å². The number of carbonyl (C=O) groups is 1. The lowest BCUT2D eigenvalue weighted by atomic mass is 9.90. The molecule has 2 atom stereocenters. The van der Waals surface area contributed by atoms with Crippen LogP contribution in [-0.4, -0.2) is 38.5 Å². The first-order chi connectivity index (χ1) is 14.1. The molecule has 1 saturated heterocycles. The lowest BCUT2D eigenvalue weighted by Gasteiger charge is -2.37. The summed E-state index contributed by atoms with van der Waals surface area (Å²) < 4.78 is 32.0. The normalized spacial score (nSPS) is 21.4. The molecule has 2 aliphatic heterocycles. The topological polar surface area (TPSA) is 72.1 Å². The highest BCUT2D eigenvalue weighted by atomic mass is 19.1. The first-order valence-corrected chi connectivity index (χ1v) is 9.63. The number of carbonyl (C=O) groups excluding carboxylic acids is 1. The van der Waals surface area contributed by atoms with Crippen LogP contribution in [0.4, 0.5) is 8.78 Å². The summed E-state index contributed by atoms with van der Waals surface area (Å²) in [5, 5.41) is 4.07. The molecule has 1 amide bonds. The zero-order chi connectivity index (χ0) is 20.0. The van der Waals surface area contributed by atoms with E-state index in [1.54, 1.807) is 6.07 Å². The van der Waals surface area contributed by atoms with Crippen LogP contribution in [0.3, 0.4) is 0 Å². The van der Waals surface area contributed by atoms with E-state index in [4.69, 9.17) is 4.52 Å². The van der Waals surface area contributed by atoms with E-state index in [9.17, 15) is 13.6 Å². The third-order valence-corrected chi connectivity index (χ3v) is 5.77. The number of hydrogen-bond acceptors (Lipinski definition) is 5. The Morgan fingerprint density at radius 1 is 1.07 bits per heavy atom. The zero-order valence-corrected chi connectivity index (χ0v) is 15.5. The summed E-state index contributed by atoms with van der Waals surface area (Å²) in [5.74, 6) is -0.146. The molecule has 6 nitrogen and oxygen atoms in total. The second-order valence-electron chi connectivity index (χ2n) is 7.55. The fourth-order valence-electron chi connectivity index (χ4n) is 4.25. The first kappa shape index (κ1) is 17.9. The van der Waals surface area contributed by atoms with Crippen LogP contribution in [0.5, 0.6) is 0 Å². The molecule has 1 aromatic carbocycles. The molecule has 0 aliphatic carbocycles. The minimum Gasteiger partial charge on any atom is -0.335 e. The average Bonchev–Trinajstić information content (AvgIpc) is 3.18. The molecule has 2 unspecified atom stereocenters. The molecule has 4 heterocycles. The number of aromatic nitrogens is 3. The predicted octanol–water partition coefficient (Wildman–Crippen LogP) is 3.74. The summed E-state index contributed by atoms with van der Waals surface area (Å²) in [5.41, 5.74) is 1.74. The minimum absolute atomic E-state index is 0.0600. The summed E-state index contributed by atoms with van der Waals surface area (Å²) in [7, 11) is 0. The van der Waals surface area contributed by atoms with Crippen LogP contribution in [0.1, 0.15) is 46.9 Å². The van der Waals surface area contributed by atoms with Crippen molar-refractivity contribution in [1.82, 2.24) is 20.0 Å². The van der Waals surface area contributed by atoms with E-state index in [1.807, 2.05) is 4.90 Å². The Balaban J connectivity index is 1.39. The lowest BCUT2D eigenvalue weighted by Crippen LogP contribution is -2.45. The van der Waals surface area contributed by atoms with E-state index in [0.717, 1.165) is 31.0 Å². The summed E-state index contributed by atoms with van der Waals surface area (Å²) in [6.45, 7) is 0.482. The van der Waals surface area contributed by atoms with E-state index in [2.05, 4.69) is 15.1 Å². The molecule has 148 valence electrons. The van der Waals surface area contributed by atoms with Gasteiger partial charge in [0.1, 0.15) is 17.3 Å². The van der Waals surface area contributed by atoms with Crippen molar-refractivity contribution >= 4 is 5.91 Å². The van der Waals surface area contributed by atoms with Gasteiger partial charge in [-0.2, -0.15) is 4.98 Å². The van der Waals surface area contributed by atoms with Gasteiger partial charge in [0, 0.05) is 24.1 Å². The van der Waals surface area contributed by atoms with Crippen LogP contribution in [0.15, 0.2) is 41.1 Å². The van der Waals surface area contributed by atoms with Gasteiger partial charge in [-0.3, -0.25) is 4.79 Å². The molecule has 1 fully saturated rings. The first-order valence-electron chi connectivity index (χ1n) is 9.63. The van der Waals surface area contributed by atoms with Gasteiger partial charge in [-0.05, 0) is 61.6 Å². The molecule has 0 N–H and O–H groups in total. The standard InChI is InChI=1S/C21H18F2N4O2/c22-14-3-7-17-12(9-14)1-5-16-6-2-13(11-27(16)21(17)28)19-25-20(29-26-19)18-8-4-15(23)10-24-18/h3-4,7-10,13,16H,1-2,5-6,11H2. The molecule has 5 rings (SSSR count). The number of nitrogens with zero attached hydrogens (tertiary/aromatic N) is 4. The van der Waals surface area contributed by atoms with Gasteiger partial charge in [0.2, 0.25) is 0 Å². The number of aryl methyl sites for hydroxylation is 1. The maximum Gasteiger partial charge on any atom is 0.276 e. The summed E-state index contributed by atoms with van der Waals surface area (Å²) in [4.78, 5) is 23.4. The number of piperidine rings is 1. The third kappa shape index (κ3) is 3.28. The fourth-order valence-corrected chi connectivity index (χ4v) is 4.25. The van der Waals surface area contributed by atoms with Crippen LogP contribution >= 0.6 is 0 Å². The highest BCUT2D eigenvalue weighted by Crippen LogP contribution is 2.35. The van der Waals surface area contributed by atoms with Crippen molar-refractivity contribution in [2.45, 2.75) is 37.6 Å². The largest absolute Gasteiger partial charge is 0.335 e. The molecule has 0 bridgehead atoms. The van der Waals surface area contributed by atoms with Gasteiger partial charge in [-0.1, -0.05) is 5.16 Å². The molecule has 0 saturated carbocycles. The van der Waals surface area contributed by atoms with E-state index >= 15 is 0 Å². The van der Waals surface area contributed by atoms with E-state index in [0.29, 0.717) is 30.0 Å². The van der Waals surface area contributed by atoms with Crippen LogP contribution in [0.25, 0.3) is 11.6 Å². The molecule has 8 heteroatoms. The van der Waals surface area contributed by atoms with Crippen molar-refractivity contribution in [2.24, 2.45) is 0 Å². The number of hydrogen-bond donors (Lipinski definition) is 0. The number of rotatable bonds is 2. The molecule has 29 heavy (non-hydrogen) atoms. The summed E-state index contributed by atoms with van der Waals surface area (Å²) >= 11 is 0. The second kappa shape index (κ2) is 7.02. The fraction of sp³-hybridized carbons (Fsp3) is 0.333. The smallest absolute Gasteiger partial charge is 0.276 e. The third-order valence-electron chi connectivity index (χ3n) is 5.77. The molecule has 3 aromatic rings. The quantitative estimate of drug-likeness (QED) is 0.660. The van der Waals surface area contributed by atoms with Crippen molar-refractivity contribution in [2.75, 3.05) is 6.54 Å². The van der Waals surface area contributed by atoms with Gasteiger partial charge in [-0.15, -0.1) is 0 Å². The van der Waals surface area contributed by atoms with Crippen molar-refractivity contribution in [3.8, 4) is 11.6 Å². The molecular formula is C21H18F2N4O2. The zero-order valence-electron chi connectivity index (χ0n) is 15.5. The van der Waals surface area contributed by atoms with Crippen molar-refractivity contribution in [1.29, 1.82) is 0 Å². The Hall–Kier alpha value is -3.16. The second-order valence-corrected chi connectivity index (χ2v) is 7.55. The molecule has 2 aromatic heterocycles. The van der Waals surface area contributed by atoms with Crippen molar-refractivity contribution in [3.05, 3.63) is 65.1 Å². The Morgan fingerprint density at radius 3 is 2.76 bits per heavy atom. The maximum absolute atomic E-state index is 13.6. The number of benzene rings is 1. The minimum atomic E-state index is -0.438. The Labute approximate surface area is 165 Å². The predicted molar refractivity (Wildman–Crippen MR) is 99.0 cm³/mol. The molecule has 0 spiro atoms. The van der Waals surface area contributed by atoms with Crippen LogP contribution in [0, 0.1) is 11.6 Å². The van der Waals surface area contributed by atoms with Crippen LogP contribution < -0.4 is 0 Å². The van der Waals surface area contributed by atoms with E-state index in [1.165, 1.54) is 24.3 Å². The van der Waals surface area contributed by atoms with Gasteiger partial charge >= 0.3 is 0 Å². The average molecular weight is 396 g/mol. The number of halogens is 2. The maximum atomic E-state index is 13.6. The van der Waals surface area contributed by atoms with E-state index in [-0.39, 0.29) is 29.6 Å². The highest BCUT2D eigenvalue weighted by Gasteiger charge is 2.37. The number of amides is 1. The lowest BCUT2D eigenvalue weighted by molar-refractivity contribution is 0.0582. The molecule has 0 radical (unpaired) electrons. The number of fused-ring (bicyclic) bond motifs is 2. The van der Waals surface area contributed by atoms with Crippen molar-refractivity contribution < 1.29 is 18.1 Å². The Kier molecular flexibility index (Phi) is 4.34. The highest BCUT2D eigenvalue weighted by molar-refractivity contribution is 5.96. The van der Waals surface area contributed by atoms with Crippen LogP contribution in [-0.2, 0) is 6.42 Å². The SMILES string of the molecule is O=C1c2ccc(F)cc2CCC2CCC(c3noc(-c4ccc(F)cn4)n3)CN12.